The average molecular weight is 965 g/mol. The molecule has 380 valence electrons. The Hall–Kier alpha value is -7.10. The molecule has 2 rings (SSSR count). The second kappa shape index (κ2) is 30.3. The van der Waals surface area contributed by atoms with Crippen molar-refractivity contribution in [1.29, 1.82) is 0 Å². The van der Waals surface area contributed by atoms with Crippen LogP contribution in [-0.4, -0.2) is 120 Å². The third-order valence-corrected chi connectivity index (χ3v) is 11.1. The highest BCUT2D eigenvalue weighted by atomic mass is 16.4. The number of primary amides is 1. The highest BCUT2D eigenvalue weighted by Gasteiger charge is 2.35. The van der Waals surface area contributed by atoms with E-state index in [1.807, 2.05) is 0 Å². The first-order valence-corrected chi connectivity index (χ1v) is 23.1. The number of nitrogens with zero attached hydrogens (tertiary/aromatic N) is 1. The number of carboxylic acids is 1. The second-order valence-corrected chi connectivity index (χ2v) is 17.2. The number of carboxylic acid groups (broad SMARTS) is 1. The Labute approximate surface area is 403 Å². The molecule has 0 aliphatic carbocycles. The van der Waals surface area contributed by atoms with Crippen LogP contribution < -0.4 is 60.2 Å². The van der Waals surface area contributed by atoms with E-state index in [0.29, 0.717) is 30.4 Å². The normalized spacial score (nSPS) is 14.4. The van der Waals surface area contributed by atoms with Crippen molar-refractivity contribution in [3.8, 4) is 0 Å². The predicted molar refractivity (Wildman–Crippen MR) is 258 cm³/mol. The zero-order valence-corrected chi connectivity index (χ0v) is 40.1. The van der Waals surface area contributed by atoms with Crippen LogP contribution in [0.1, 0.15) is 90.7 Å². The van der Waals surface area contributed by atoms with Crippen molar-refractivity contribution in [3.05, 3.63) is 71.8 Å². The summed E-state index contributed by atoms with van der Waals surface area (Å²) in [6.45, 7) is 8.40. The van der Waals surface area contributed by atoms with Gasteiger partial charge in [-0.1, -0.05) is 94.8 Å². The Balaban J connectivity index is 2.56. The van der Waals surface area contributed by atoms with Crippen LogP contribution in [0.15, 0.2) is 65.7 Å². The van der Waals surface area contributed by atoms with Gasteiger partial charge in [-0.25, -0.2) is 4.79 Å². The van der Waals surface area contributed by atoms with E-state index in [4.69, 9.17) is 22.9 Å². The van der Waals surface area contributed by atoms with Crippen molar-refractivity contribution >= 4 is 59.2 Å². The Morgan fingerprint density at radius 3 is 1.42 bits per heavy atom. The molecule has 0 saturated carbocycles. The minimum Gasteiger partial charge on any atom is -0.480 e. The Morgan fingerprint density at radius 1 is 0.565 bits per heavy atom. The fourth-order valence-electron chi connectivity index (χ4n) is 7.10. The monoisotopic (exact) mass is 965 g/mol. The van der Waals surface area contributed by atoms with Gasteiger partial charge in [0.2, 0.25) is 47.3 Å². The molecule has 0 aromatic heterocycles. The molecule has 2 aromatic carbocycles. The van der Waals surface area contributed by atoms with Gasteiger partial charge in [-0.3, -0.25) is 43.3 Å². The summed E-state index contributed by atoms with van der Waals surface area (Å²) in [5.41, 5.74) is 23.4. The van der Waals surface area contributed by atoms with E-state index in [-0.39, 0.29) is 57.1 Å². The highest BCUT2D eigenvalue weighted by molar-refractivity contribution is 5.98. The van der Waals surface area contributed by atoms with Gasteiger partial charge in [0.05, 0.1) is 6.42 Å². The van der Waals surface area contributed by atoms with E-state index in [2.05, 4.69) is 42.2 Å². The summed E-state index contributed by atoms with van der Waals surface area (Å²) >= 11 is 0. The molecule has 69 heavy (non-hydrogen) atoms. The lowest BCUT2D eigenvalue weighted by atomic mass is 9.98. The summed E-state index contributed by atoms with van der Waals surface area (Å²) in [4.78, 5) is 124. The molecule has 2 aromatic rings. The van der Waals surface area contributed by atoms with Gasteiger partial charge in [-0.15, -0.1) is 0 Å². The topological polar surface area (TPSA) is 375 Å². The maximum atomic E-state index is 14.5. The summed E-state index contributed by atoms with van der Waals surface area (Å²) < 4.78 is 0. The van der Waals surface area contributed by atoms with Crippen LogP contribution in [-0.2, 0) is 56.0 Å². The standard InChI is InChI=1S/C47H72N12O10/c1-6-28(4)39(46(68)69)59-44(66)36(26-37(49)61)58-40(62)32(20-13-14-22-48)54-42(64)34(24-30-16-9-7-10-17-30)57-43(65)35(25-31-18-11-8-12-19-31)56-41(63)33(21-15-23-52-47(50)51)55-45(67)38(27(2)3)53-29(5)60/h7-12,16-19,27-28,32-36,38-39H,6,13-15,20-26,48H2,1-5H3,(H2,49,61)(H,53,60)(H,54,64)(H,55,67)(H,56,63)(H,57,65)(H,58,62)(H,59,66)(H,68,69)(H4,50,51,52)/t28-,32-,33-,34-,35-,36-,38-,39-/m0/s1. The van der Waals surface area contributed by atoms with E-state index in [0.717, 1.165) is 0 Å². The number of hydrogen-bond acceptors (Lipinski definition) is 11. The molecule has 0 aliphatic rings. The van der Waals surface area contributed by atoms with Crippen LogP contribution in [0.3, 0.4) is 0 Å². The van der Waals surface area contributed by atoms with Crippen molar-refractivity contribution in [2.75, 3.05) is 13.1 Å². The molecular formula is C47H72N12O10. The summed E-state index contributed by atoms with van der Waals surface area (Å²) in [6, 6.07) is 8.08. The van der Waals surface area contributed by atoms with Crippen LogP contribution in [0.4, 0.5) is 0 Å². The van der Waals surface area contributed by atoms with Crippen molar-refractivity contribution < 1.29 is 48.3 Å². The first-order chi connectivity index (χ1) is 32.7. The number of nitrogens with one attached hydrogen (secondary N) is 7. The first-order valence-electron chi connectivity index (χ1n) is 23.1. The molecule has 22 nitrogen and oxygen atoms in total. The number of rotatable bonds is 31. The third-order valence-electron chi connectivity index (χ3n) is 11.1. The number of hydrogen-bond donors (Lipinski definition) is 12. The number of carbonyl (C=O) groups excluding carboxylic acids is 8. The molecule has 8 atom stereocenters. The smallest absolute Gasteiger partial charge is 0.326 e. The number of carbonyl (C=O) groups is 9. The molecule has 0 saturated heterocycles. The molecule has 0 heterocycles. The zero-order chi connectivity index (χ0) is 51.6. The minimum atomic E-state index is -1.61. The molecule has 0 radical (unpaired) electrons. The summed E-state index contributed by atoms with van der Waals surface area (Å²) in [6.07, 6.45) is 0.542. The maximum Gasteiger partial charge on any atom is 0.326 e. The molecule has 0 aliphatic heterocycles. The number of unbranched alkanes of at least 4 members (excludes halogenated alkanes) is 1. The molecule has 8 amide bonds. The van der Waals surface area contributed by atoms with Crippen LogP contribution in [0.2, 0.25) is 0 Å². The third kappa shape index (κ3) is 21.6. The van der Waals surface area contributed by atoms with Crippen LogP contribution in [0.25, 0.3) is 0 Å². The van der Waals surface area contributed by atoms with E-state index in [1.54, 1.807) is 88.4 Å². The van der Waals surface area contributed by atoms with Crippen molar-refractivity contribution in [2.45, 2.75) is 135 Å². The lowest BCUT2D eigenvalue weighted by Crippen LogP contribution is -2.61. The fourth-order valence-corrected chi connectivity index (χ4v) is 7.10. The molecule has 0 bridgehead atoms. The Morgan fingerprint density at radius 2 is 1.00 bits per heavy atom. The number of amides is 8. The average Bonchev–Trinajstić information content (AvgIpc) is 3.29. The number of aliphatic carboxylic acids is 1. The predicted octanol–water partition coefficient (Wildman–Crippen LogP) is -1.27. The molecule has 0 fully saturated rings. The molecule has 0 spiro atoms. The maximum absolute atomic E-state index is 14.5. The van der Waals surface area contributed by atoms with Crippen LogP contribution >= 0.6 is 0 Å². The minimum absolute atomic E-state index is 0.00110. The van der Waals surface area contributed by atoms with Gasteiger partial charge in [-0.2, -0.15) is 0 Å². The van der Waals surface area contributed by atoms with Gasteiger partial charge < -0.3 is 65.3 Å². The van der Waals surface area contributed by atoms with Gasteiger partial charge in [0.1, 0.15) is 42.3 Å². The largest absolute Gasteiger partial charge is 0.480 e. The van der Waals surface area contributed by atoms with Gasteiger partial charge in [0.25, 0.3) is 0 Å². The first kappa shape index (κ1) is 58.0. The highest BCUT2D eigenvalue weighted by Crippen LogP contribution is 2.13. The Kier molecular flexibility index (Phi) is 25.5. The number of nitrogens with two attached hydrogens (primary N) is 4. The van der Waals surface area contributed by atoms with E-state index >= 15 is 0 Å². The lowest BCUT2D eigenvalue weighted by molar-refractivity contribution is -0.144. The number of benzene rings is 2. The quantitative estimate of drug-likeness (QED) is 0.0239. The van der Waals surface area contributed by atoms with E-state index < -0.39 is 108 Å². The van der Waals surface area contributed by atoms with Crippen LogP contribution in [0, 0.1) is 11.8 Å². The molecule has 22 heteroatoms. The Bertz CT molecular complexity index is 2050. The number of guanidine groups is 1. The summed E-state index contributed by atoms with van der Waals surface area (Å²) in [5.74, 6) is -8.73. The zero-order valence-electron chi connectivity index (χ0n) is 40.1. The van der Waals surface area contributed by atoms with Gasteiger partial charge in [0.15, 0.2) is 5.96 Å². The lowest BCUT2D eigenvalue weighted by Gasteiger charge is -2.28. The summed E-state index contributed by atoms with van der Waals surface area (Å²) in [7, 11) is 0. The van der Waals surface area contributed by atoms with E-state index in [9.17, 15) is 48.3 Å². The summed E-state index contributed by atoms with van der Waals surface area (Å²) in [5, 5.41) is 28.1. The fraction of sp³-hybridized carbons (Fsp3) is 0.532. The van der Waals surface area contributed by atoms with Crippen molar-refractivity contribution in [1.82, 2.24) is 37.2 Å². The van der Waals surface area contributed by atoms with Gasteiger partial charge in [-0.05, 0) is 61.6 Å². The van der Waals surface area contributed by atoms with Gasteiger partial charge >= 0.3 is 5.97 Å². The molecular weight excluding hydrogens is 893 g/mol. The van der Waals surface area contributed by atoms with Gasteiger partial charge in [0, 0.05) is 26.3 Å². The number of aliphatic imine (C=N–C) groups is 1. The van der Waals surface area contributed by atoms with Crippen molar-refractivity contribution in [2.24, 2.45) is 39.8 Å². The van der Waals surface area contributed by atoms with Crippen LogP contribution in [0.5, 0.6) is 0 Å². The molecule has 0 unspecified atom stereocenters. The second-order valence-electron chi connectivity index (χ2n) is 17.2. The van der Waals surface area contributed by atoms with Crippen molar-refractivity contribution in [3.63, 3.8) is 0 Å². The van der Waals surface area contributed by atoms with E-state index in [1.165, 1.54) is 6.92 Å². The molecule has 16 N–H and O–H groups in total. The SMILES string of the molecule is CC[C@H](C)[C@H](NC(=O)[C@H](CC(N)=O)NC(=O)[C@H](CCCCN)NC(=O)[C@H](Cc1ccccc1)NC(=O)[C@H](Cc1ccccc1)NC(=O)[C@H](CCCN=C(N)N)NC(=O)[C@@H](NC(C)=O)C(C)C)C(=O)O.